The highest BCUT2D eigenvalue weighted by molar-refractivity contribution is 5.87. The zero-order valence-corrected chi connectivity index (χ0v) is 13.1. The van der Waals surface area contributed by atoms with E-state index >= 15 is 0 Å². The molecule has 5 nitrogen and oxygen atoms in total. The van der Waals surface area contributed by atoms with Gasteiger partial charge in [-0.25, -0.2) is 0 Å². The summed E-state index contributed by atoms with van der Waals surface area (Å²) in [6, 6.07) is 11.8. The smallest absolute Gasteiger partial charge is 0.240 e. The molecule has 0 aromatic heterocycles. The Labute approximate surface area is 136 Å². The van der Waals surface area contributed by atoms with E-state index in [9.17, 15) is 14.9 Å². The number of nitrogens with one attached hydrogen (secondary N) is 1. The maximum Gasteiger partial charge on any atom is 0.240 e. The summed E-state index contributed by atoms with van der Waals surface area (Å²) >= 11 is 0. The summed E-state index contributed by atoms with van der Waals surface area (Å²) in [5.74, 6) is -0.145. The van der Waals surface area contributed by atoms with Crippen molar-refractivity contribution in [2.45, 2.75) is 44.7 Å². The third-order valence-electron chi connectivity index (χ3n) is 4.87. The maximum absolute atomic E-state index is 12.5. The van der Waals surface area contributed by atoms with Crippen LogP contribution < -0.4 is 5.32 Å². The van der Waals surface area contributed by atoms with Crippen LogP contribution in [0.2, 0.25) is 0 Å². The fourth-order valence-electron chi connectivity index (χ4n) is 3.52. The zero-order valence-electron chi connectivity index (χ0n) is 13.1. The molecule has 0 spiro atoms. The Kier molecular flexibility index (Phi) is 4.33. The highest BCUT2D eigenvalue weighted by atomic mass is 16.2. The van der Waals surface area contributed by atoms with Crippen LogP contribution in [0.3, 0.4) is 0 Å². The number of carbonyl (C=O) groups excluding carboxylic acids is 2. The molecule has 1 saturated heterocycles. The minimum atomic E-state index is -0.879. The van der Waals surface area contributed by atoms with Gasteiger partial charge in [0.05, 0.1) is 12.1 Å². The van der Waals surface area contributed by atoms with E-state index in [4.69, 9.17) is 0 Å². The van der Waals surface area contributed by atoms with Gasteiger partial charge in [0.1, 0.15) is 5.41 Å². The Hall–Kier alpha value is -2.35. The fourth-order valence-corrected chi connectivity index (χ4v) is 3.52. The van der Waals surface area contributed by atoms with Gasteiger partial charge in [-0.3, -0.25) is 9.59 Å². The molecule has 120 valence electrons. The molecule has 1 saturated carbocycles. The van der Waals surface area contributed by atoms with Crippen molar-refractivity contribution in [1.29, 1.82) is 5.26 Å². The Bertz CT molecular complexity index is 629. The Morgan fingerprint density at radius 2 is 2.00 bits per heavy atom. The lowest BCUT2D eigenvalue weighted by Gasteiger charge is -2.22. The number of carbonyl (C=O) groups is 2. The molecule has 0 unspecified atom stereocenters. The number of nitrogens with zero attached hydrogens (tertiary/aromatic N) is 2. The Morgan fingerprint density at radius 3 is 2.65 bits per heavy atom. The molecule has 1 heterocycles. The maximum atomic E-state index is 12.5. The van der Waals surface area contributed by atoms with Crippen LogP contribution >= 0.6 is 0 Å². The van der Waals surface area contributed by atoms with Crippen molar-refractivity contribution in [1.82, 2.24) is 10.2 Å². The molecule has 2 fully saturated rings. The first-order valence-corrected chi connectivity index (χ1v) is 8.17. The van der Waals surface area contributed by atoms with Crippen molar-refractivity contribution in [3.63, 3.8) is 0 Å². The van der Waals surface area contributed by atoms with Crippen LogP contribution in [0, 0.1) is 16.7 Å². The van der Waals surface area contributed by atoms with E-state index in [2.05, 4.69) is 11.4 Å². The van der Waals surface area contributed by atoms with E-state index in [0.717, 1.165) is 18.4 Å². The lowest BCUT2D eigenvalue weighted by molar-refractivity contribution is -0.128. The van der Waals surface area contributed by atoms with E-state index < -0.39 is 5.41 Å². The number of hydrogen-bond donors (Lipinski definition) is 1. The number of amides is 2. The first-order chi connectivity index (χ1) is 11.1. The number of nitriles is 1. The number of likely N-dealkylation sites (tertiary alicyclic amines) is 1. The SMILES string of the molecule is N#CC1(C(=O)N[C@@H]2CC(=O)N(Cc3ccccc3)C2)CCCC1. The second kappa shape index (κ2) is 6.41. The molecule has 2 aliphatic rings. The second-order valence-corrected chi connectivity index (χ2v) is 6.54. The predicted octanol–water partition coefficient (Wildman–Crippen LogP) is 1.99. The van der Waals surface area contributed by atoms with Gasteiger partial charge >= 0.3 is 0 Å². The zero-order chi connectivity index (χ0) is 16.3. The highest BCUT2D eigenvalue weighted by Crippen LogP contribution is 2.37. The summed E-state index contributed by atoms with van der Waals surface area (Å²) in [6.07, 6.45) is 3.42. The van der Waals surface area contributed by atoms with Gasteiger partial charge in [-0.15, -0.1) is 0 Å². The molecule has 1 aliphatic heterocycles. The minimum absolute atomic E-state index is 0.0524. The predicted molar refractivity (Wildman–Crippen MR) is 84.9 cm³/mol. The van der Waals surface area contributed by atoms with Crippen LogP contribution in [0.5, 0.6) is 0 Å². The lowest BCUT2D eigenvalue weighted by atomic mass is 9.87. The van der Waals surface area contributed by atoms with Gasteiger partial charge < -0.3 is 10.2 Å². The monoisotopic (exact) mass is 311 g/mol. The third kappa shape index (κ3) is 3.21. The van der Waals surface area contributed by atoms with Gasteiger partial charge in [-0.2, -0.15) is 5.26 Å². The second-order valence-electron chi connectivity index (χ2n) is 6.54. The topological polar surface area (TPSA) is 73.2 Å². The average Bonchev–Trinajstić information content (AvgIpc) is 3.17. The first kappa shape index (κ1) is 15.5. The van der Waals surface area contributed by atoms with E-state index in [1.165, 1.54) is 0 Å². The fraction of sp³-hybridized carbons (Fsp3) is 0.500. The van der Waals surface area contributed by atoms with Crippen molar-refractivity contribution in [3.05, 3.63) is 35.9 Å². The molecule has 23 heavy (non-hydrogen) atoms. The molecule has 1 aromatic carbocycles. The van der Waals surface area contributed by atoms with Gasteiger partial charge in [0.15, 0.2) is 0 Å². The average molecular weight is 311 g/mol. The lowest BCUT2D eigenvalue weighted by Crippen LogP contribution is -2.44. The first-order valence-electron chi connectivity index (χ1n) is 8.17. The Balaban J connectivity index is 1.59. The number of rotatable bonds is 4. The summed E-state index contributed by atoms with van der Waals surface area (Å²) in [6.45, 7) is 1.08. The van der Waals surface area contributed by atoms with Crippen LogP contribution in [0.25, 0.3) is 0 Å². The largest absolute Gasteiger partial charge is 0.350 e. The normalized spacial score (nSPS) is 22.8. The molecule has 1 aliphatic carbocycles. The summed E-state index contributed by atoms with van der Waals surface area (Å²) in [7, 11) is 0. The van der Waals surface area contributed by atoms with Crippen LogP contribution in [0.4, 0.5) is 0 Å². The van der Waals surface area contributed by atoms with Crippen molar-refractivity contribution >= 4 is 11.8 Å². The molecule has 0 radical (unpaired) electrons. The van der Waals surface area contributed by atoms with Crippen molar-refractivity contribution in [2.24, 2.45) is 5.41 Å². The van der Waals surface area contributed by atoms with Crippen LogP contribution in [0.15, 0.2) is 30.3 Å². The molecule has 1 aromatic rings. The van der Waals surface area contributed by atoms with Gasteiger partial charge in [-0.05, 0) is 18.4 Å². The van der Waals surface area contributed by atoms with Gasteiger partial charge in [0.2, 0.25) is 11.8 Å². The highest BCUT2D eigenvalue weighted by Gasteiger charge is 2.43. The van der Waals surface area contributed by atoms with Gasteiger partial charge in [0.25, 0.3) is 0 Å². The summed E-state index contributed by atoms with van der Waals surface area (Å²) in [5.41, 5.74) is 0.202. The molecule has 1 atom stereocenters. The quantitative estimate of drug-likeness (QED) is 0.924. The van der Waals surface area contributed by atoms with E-state index in [1.54, 1.807) is 4.90 Å². The third-order valence-corrected chi connectivity index (χ3v) is 4.87. The van der Waals surface area contributed by atoms with Gasteiger partial charge in [0, 0.05) is 19.5 Å². The number of benzene rings is 1. The minimum Gasteiger partial charge on any atom is -0.350 e. The molecule has 2 amide bonds. The van der Waals surface area contributed by atoms with E-state index in [-0.39, 0.29) is 17.9 Å². The van der Waals surface area contributed by atoms with E-state index in [0.29, 0.717) is 32.4 Å². The summed E-state index contributed by atoms with van der Waals surface area (Å²) in [5, 5.41) is 12.3. The molecule has 1 N–H and O–H groups in total. The molecule has 3 rings (SSSR count). The van der Waals surface area contributed by atoms with E-state index in [1.807, 2.05) is 30.3 Å². The van der Waals surface area contributed by atoms with Crippen LogP contribution in [0.1, 0.15) is 37.7 Å². The summed E-state index contributed by atoms with van der Waals surface area (Å²) in [4.78, 5) is 26.4. The van der Waals surface area contributed by atoms with Crippen molar-refractivity contribution < 1.29 is 9.59 Å². The molecular weight excluding hydrogens is 290 g/mol. The molecule has 5 heteroatoms. The van der Waals surface area contributed by atoms with Crippen molar-refractivity contribution in [2.75, 3.05) is 6.54 Å². The van der Waals surface area contributed by atoms with Crippen LogP contribution in [-0.4, -0.2) is 29.3 Å². The molecule has 0 bridgehead atoms. The van der Waals surface area contributed by atoms with Crippen LogP contribution in [-0.2, 0) is 16.1 Å². The Morgan fingerprint density at radius 1 is 1.30 bits per heavy atom. The van der Waals surface area contributed by atoms with Crippen molar-refractivity contribution in [3.8, 4) is 6.07 Å². The number of hydrogen-bond acceptors (Lipinski definition) is 3. The summed E-state index contributed by atoms with van der Waals surface area (Å²) < 4.78 is 0. The standard InChI is InChI=1S/C18H21N3O2/c19-13-18(8-4-5-9-18)17(23)20-15-10-16(22)21(12-15)11-14-6-2-1-3-7-14/h1-3,6-7,15H,4-5,8-12H2,(H,20,23)/t15-/m1/s1. The van der Waals surface area contributed by atoms with Gasteiger partial charge in [-0.1, -0.05) is 43.2 Å². The molecular formula is C18H21N3O2.